The Morgan fingerprint density at radius 2 is 2.00 bits per heavy atom. The van der Waals surface area contributed by atoms with Crippen LogP contribution in [-0.2, 0) is 6.42 Å². The van der Waals surface area contributed by atoms with E-state index in [0.29, 0.717) is 17.9 Å². The van der Waals surface area contributed by atoms with Crippen molar-refractivity contribution in [2.75, 3.05) is 6.54 Å². The zero-order valence-electron chi connectivity index (χ0n) is 13.2. The van der Waals surface area contributed by atoms with E-state index in [2.05, 4.69) is 48.9 Å². The topological polar surface area (TPSA) is 55.2 Å². The zero-order chi connectivity index (χ0) is 16.0. The summed E-state index contributed by atoms with van der Waals surface area (Å²) in [4.78, 5) is 10.9. The molecule has 0 aliphatic heterocycles. The molecule has 0 bridgehead atoms. The number of nitro groups is 1. The lowest BCUT2D eigenvalue weighted by molar-refractivity contribution is -0.385. The maximum atomic E-state index is 11.2. The van der Waals surface area contributed by atoms with Crippen LogP contribution in [0.25, 0.3) is 0 Å². The average Bonchev–Trinajstić information content (AvgIpc) is 2.42. The predicted octanol–water partition coefficient (Wildman–Crippen LogP) is 4.56. The summed E-state index contributed by atoms with van der Waals surface area (Å²) in [5.41, 5.74) is 1.02. The van der Waals surface area contributed by atoms with Gasteiger partial charge in [-0.15, -0.1) is 0 Å². The van der Waals surface area contributed by atoms with Crippen LogP contribution in [0.5, 0.6) is 0 Å². The highest BCUT2D eigenvalue weighted by molar-refractivity contribution is 9.10. The Morgan fingerprint density at radius 1 is 1.33 bits per heavy atom. The fourth-order valence-electron chi connectivity index (χ4n) is 2.65. The van der Waals surface area contributed by atoms with Crippen LogP contribution in [0.2, 0.25) is 0 Å². The average molecular weight is 357 g/mol. The largest absolute Gasteiger partial charge is 0.314 e. The van der Waals surface area contributed by atoms with Crippen molar-refractivity contribution in [3.05, 3.63) is 38.3 Å². The molecule has 1 rings (SSSR count). The molecule has 0 aliphatic rings. The first-order valence-electron chi connectivity index (χ1n) is 7.53. The van der Waals surface area contributed by atoms with Gasteiger partial charge in [0.05, 0.1) is 4.92 Å². The van der Waals surface area contributed by atoms with Crippen molar-refractivity contribution in [2.45, 2.75) is 46.6 Å². The predicted molar refractivity (Wildman–Crippen MR) is 90.6 cm³/mol. The molecule has 0 aliphatic carbocycles. The molecule has 5 heteroatoms. The minimum absolute atomic E-state index is 0.206. The van der Waals surface area contributed by atoms with Crippen molar-refractivity contribution in [1.29, 1.82) is 0 Å². The first-order chi connectivity index (χ1) is 9.86. The van der Waals surface area contributed by atoms with E-state index < -0.39 is 0 Å². The maximum Gasteiger partial charge on any atom is 0.273 e. The molecule has 1 aromatic carbocycles. The van der Waals surface area contributed by atoms with Crippen molar-refractivity contribution in [1.82, 2.24) is 5.32 Å². The van der Waals surface area contributed by atoms with E-state index in [1.54, 1.807) is 6.07 Å². The SMILES string of the molecule is CCCNC(C)C(Cc1ccc(Br)cc1[N+](=O)[O-])C(C)C. The lowest BCUT2D eigenvalue weighted by Crippen LogP contribution is -2.37. The lowest BCUT2D eigenvalue weighted by Gasteiger charge is -2.28. The van der Waals surface area contributed by atoms with Gasteiger partial charge in [0.2, 0.25) is 0 Å². The van der Waals surface area contributed by atoms with Crippen LogP contribution in [0.15, 0.2) is 22.7 Å². The quantitative estimate of drug-likeness (QED) is 0.548. The van der Waals surface area contributed by atoms with Gasteiger partial charge < -0.3 is 5.32 Å². The summed E-state index contributed by atoms with van der Waals surface area (Å²) < 4.78 is 0.746. The molecule has 2 unspecified atom stereocenters. The second-order valence-corrected chi connectivity index (χ2v) is 6.80. The Kier molecular flexibility index (Phi) is 7.32. The number of halogens is 1. The Labute approximate surface area is 135 Å². The van der Waals surface area contributed by atoms with Crippen LogP contribution < -0.4 is 5.32 Å². The van der Waals surface area contributed by atoms with E-state index in [4.69, 9.17) is 0 Å². The Morgan fingerprint density at radius 3 is 2.52 bits per heavy atom. The minimum Gasteiger partial charge on any atom is -0.314 e. The van der Waals surface area contributed by atoms with Crippen molar-refractivity contribution in [2.24, 2.45) is 11.8 Å². The summed E-state index contributed by atoms with van der Waals surface area (Å²) in [6, 6.07) is 5.68. The van der Waals surface area contributed by atoms with E-state index >= 15 is 0 Å². The number of hydrogen-bond donors (Lipinski definition) is 1. The molecule has 0 spiro atoms. The third-order valence-corrected chi connectivity index (χ3v) is 4.41. The van der Waals surface area contributed by atoms with Gasteiger partial charge in [-0.1, -0.05) is 42.8 Å². The molecule has 0 aromatic heterocycles. The number of nitrogens with zero attached hydrogens (tertiary/aromatic N) is 1. The molecular formula is C16H25BrN2O2. The summed E-state index contributed by atoms with van der Waals surface area (Å²) in [6.07, 6.45) is 1.81. The fourth-order valence-corrected chi connectivity index (χ4v) is 3.00. The van der Waals surface area contributed by atoms with Crippen LogP contribution >= 0.6 is 15.9 Å². The maximum absolute atomic E-state index is 11.2. The molecular weight excluding hydrogens is 332 g/mol. The molecule has 0 amide bonds. The Hall–Kier alpha value is -0.940. The molecule has 0 heterocycles. The molecule has 1 aromatic rings. The van der Waals surface area contributed by atoms with E-state index in [-0.39, 0.29) is 10.6 Å². The smallest absolute Gasteiger partial charge is 0.273 e. The van der Waals surface area contributed by atoms with E-state index in [0.717, 1.165) is 29.4 Å². The second kappa shape index (κ2) is 8.49. The van der Waals surface area contributed by atoms with Gasteiger partial charge in [-0.2, -0.15) is 0 Å². The van der Waals surface area contributed by atoms with Crippen molar-refractivity contribution in [3.8, 4) is 0 Å². The molecule has 2 atom stereocenters. The number of nitro benzene ring substituents is 1. The summed E-state index contributed by atoms with van der Waals surface area (Å²) in [5.74, 6) is 0.837. The normalized spacial score (nSPS) is 14.2. The van der Waals surface area contributed by atoms with Crippen LogP contribution in [0.4, 0.5) is 5.69 Å². The third kappa shape index (κ3) is 5.40. The first-order valence-corrected chi connectivity index (χ1v) is 8.32. The zero-order valence-corrected chi connectivity index (χ0v) is 14.8. The van der Waals surface area contributed by atoms with Gasteiger partial charge >= 0.3 is 0 Å². The molecule has 118 valence electrons. The third-order valence-electron chi connectivity index (χ3n) is 3.91. The minimum atomic E-state index is -0.290. The van der Waals surface area contributed by atoms with Gasteiger partial charge in [-0.05, 0) is 44.2 Å². The van der Waals surface area contributed by atoms with E-state index in [1.165, 1.54) is 0 Å². The fraction of sp³-hybridized carbons (Fsp3) is 0.625. The Balaban J connectivity index is 2.96. The summed E-state index contributed by atoms with van der Waals surface area (Å²) >= 11 is 3.31. The summed E-state index contributed by atoms with van der Waals surface area (Å²) in [6.45, 7) is 9.65. The van der Waals surface area contributed by atoms with Gasteiger partial charge in [0.15, 0.2) is 0 Å². The van der Waals surface area contributed by atoms with Gasteiger partial charge in [0, 0.05) is 22.1 Å². The molecule has 21 heavy (non-hydrogen) atoms. The summed E-state index contributed by atoms with van der Waals surface area (Å²) in [5, 5.41) is 14.8. The van der Waals surface area contributed by atoms with E-state index in [9.17, 15) is 10.1 Å². The number of nitrogens with one attached hydrogen (secondary N) is 1. The highest BCUT2D eigenvalue weighted by Crippen LogP contribution is 2.29. The monoisotopic (exact) mass is 356 g/mol. The Bertz CT molecular complexity index is 477. The van der Waals surface area contributed by atoms with Gasteiger partial charge in [-0.3, -0.25) is 10.1 Å². The molecule has 0 radical (unpaired) electrons. The van der Waals surface area contributed by atoms with Crippen molar-refractivity contribution >= 4 is 21.6 Å². The lowest BCUT2D eigenvalue weighted by atomic mass is 9.83. The molecule has 4 nitrogen and oxygen atoms in total. The first kappa shape index (κ1) is 18.1. The standard InChI is InChI=1S/C16H25BrN2O2/c1-5-8-18-12(4)15(11(2)3)9-13-6-7-14(17)10-16(13)19(20)21/h6-7,10-12,15,18H,5,8-9H2,1-4H3. The summed E-state index contributed by atoms with van der Waals surface area (Å²) in [7, 11) is 0. The molecule has 0 saturated carbocycles. The van der Waals surface area contributed by atoms with Gasteiger partial charge in [0.25, 0.3) is 5.69 Å². The highest BCUT2D eigenvalue weighted by atomic mass is 79.9. The molecule has 1 N–H and O–H groups in total. The van der Waals surface area contributed by atoms with Crippen molar-refractivity contribution < 1.29 is 4.92 Å². The van der Waals surface area contributed by atoms with Crippen LogP contribution in [0, 0.1) is 22.0 Å². The number of hydrogen-bond acceptors (Lipinski definition) is 3. The van der Waals surface area contributed by atoms with Crippen LogP contribution in [0.3, 0.4) is 0 Å². The second-order valence-electron chi connectivity index (χ2n) is 5.88. The highest BCUT2D eigenvalue weighted by Gasteiger charge is 2.24. The number of benzene rings is 1. The van der Waals surface area contributed by atoms with Gasteiger partial charge in [0.1, 0.15) is 0 Å². The van der Waals surface area contributed by atoms with Gasteiger partial charge in [-0.25, -0.2) is 0 Å². The van der Waals surface area contributed by atoms with E-state index in [1.807, 2.05) is 12.1 Å². The number of rotatable bonds is 8. The van der Waals surface area contributed by atoms with Crippen molar-refractivity contribution in [3.63, 3.8) is 0 Å². The molecule has 0 saturated heterocycles. The van der Waals surface area contributed by atoms with Crippen LogP contribution in [-0.4, -0.2) is 17.5 Å². The van der Waals surface area contributed by atoms with Crippen LogP contribution in [0.1, 0.15) is 39.7 Å². The molecule has 0 fully saturated rings.